The molecule has 0 aliphatic carbocycles. The maximum absolute atomic E-state index is 12.8. The molecule has 6 nitrogen and oxygen atoms in total. The average molecular weight is 504 g/mol. The van der Waals surface area contributed by atoms with E-state index >= 15 is 0 Å². The van der Waals surface area contributed by atoms with Crippen molar-refractivity contribution in [3.63, 3.8) is 0 Å². The molecule has 0 bridgehead atoms. The third-order valence-corrected chi connectivity index (χ3v) is 6.36. The summed E-state index contributed by atoms with van der Waals surface area (Å²) in [6.45, 7) is 0.235. The van der Waals surface area contributed by atoms with Crippen molar-refractivity contribution < 1.29 is 14.3 Å². The molecule has 35 heavy (non-hydrogen) atoms. The first-order chi connectivity index (χ1) is 17.0. The van der Waals surface area contributed by atoms with Gasteiger partial charge >= 0.3 is 0 Å². The second-order valence-electron chi connectivity index (χ2n) is 7.97. The van der Waals surface area contributed by atoms with E-state index in [-0.39, 0.29) is 18.4 Å². The molecule has 174 valence electrons. The summed E-state index contributed by atoms with van der Waals surface area (Å²) >= 11 is 12.0. The number of hydrogen-bond donors (Lipinski definition) is 1. The first-order valence-corrected chi connectivity index (χ1v) is 11.6. The fourth-order valence-corrected chi connectivity index (χ4v) is 4.26. The lowest BCUT2D eigenvalue weighted by Gasteiger charge is -2.16. The Hall–Kier alpha value is -3.87. The molecule has 4 aromatic rings. The SMILES string of the molecule is O=C(CN1C(=O)c2cccc3cccc1c23)N/N=C\c1ccc(OCc2ccc(Cl)c(Cl)c2)cc1. The molecule has 0 atom stereocenters. The van der Waals surface area contributed by atoms with Crippen molar-refractivity contribution in [2.24, 2.45) is 5.10 Å². The highest BCUT2D eigenvalue weighted by atomic mass is 35.5. The zero-order chi connectivity index (χ0) is 24.4. The van der Waals surface area contributed by atoms with E-state index in [0.29, 0.717) is 28.0 Å². The largest absolute Gasteiger partial charge is 0.489 e. The maximum Gasteiger partial charge on any atom is 0.260 e. The van der Waals surface area contributed by atoms with Gasteiger partial charge in [0.15, 0.2) is 0 Å². The number of carbonyl (C=O) groups is 2. The lowest BCUT2D eigenvalue weighted by Crippen LogP contribution is -2.37. The zero-order valence-electron chi connectivity index (χ0n) is 18.4. The van der Waals surface area contributed by atoms with Gasteiger partial charge in [-0.1, -0.05) is 53.5 Å². The fourth-order valence-electron chi connectivity index (χ4n) is 3.94. The van der Waals surface area contributed by atoms with Crippen molar-refractivity contribution in [2.75, 3.05) is 11.4 Å². The van der Waals surface area contributed by atoms with Crippen LogP contribution in [0.2, 0.25) is 10.0 Å². The van der Waals surface area contributed by atoms with E-state index in [9.17, 15) is 9.59 Å². The minimum Gasteiger partial charge on any atom is -0.489 e. The van der Waals surface area contributed by atoms with E-state index in [1.54, 1.807) is 18.2 Å². The van der Waals surface area contributed by atoms with Gasteiger partial charge in [-0.05, 0) is 65.0 Å². The third kappa shape index (κ3) is 4.85. The highest BCUT2D eigenvalue weighted by Gasteiger charge is 2.30. The molecule has 0 saturated carbocycles. The Balaban J connectivity index is 1.16. The van der Waals surface area contributed by atoms with Crippen LogP contribution in [-0.2, 0) is 11.4 Å². The first-order valence-electron chi connectivity index (χ1n) is 10.8. The van der Waals surface area contributed by atoms with Gasteiger partial charge in [-0.2, -0.15) is 5.10 Å². The van der Waals surface area contributed by atoms with Gasteiger partial charge in [0, 0.05) is 10.9 Å². The molecular weight excluding hydrogens is 485 g/mol. The normalized spacial score (nSPS) is 12.5. The first kappa shape index (κ1) is 22.9. The van der Waals surface area contributed by atoms with E-state index in [1.807, 2.05) is 60.7 Å². The Morgan fingerprint density at radius 3 is 2.51 bits per heavy atom. The van der Waals surface area contributed by atoms with E-state index in [2.05, 4.69) is 10.5 Å². The highest BCUT2D eigenvalue weighted by Crippen LogP contribution is 2.36. The molecule has 1 heterocycles. The number of halogens is 2. The number of nitrogens with one attached hydrogen (secondary N) is 1. The summed E-state index contributed by atoms with van der Waals surface area (Å²) in [4.78, 5) is 26.7. The summed E-state index contributed by atoms with van der Waals surface area (Å²) < 4.78 is 5.77. The summed E-state index contributed by atoms with van der Waals surface area (Å²) in [6.07, 6.45) is 1.53. The van der Waals surface area contributed by atoms with Crippen LogP contribution in [0.25, 0.3) is 10.8 Å². The highest BCUT2D eigenvalue weighted by molar-refractivity contribution is 6.42. The summed E-state index contributed by atoms with van der Waals surface area (Å²) in [5, 5.41) is 6.85. The van der Waals surface area contributed by atoms with Crippen molar-refractivity contribution in [3.8, 4) is 5.75 Å². The van der Waals surface area contributed by atoms with Gasteiger partial charge in [0.2, 0.25) is 0 Å². The molecule has 5 rings (SSSR count). The lowest BCUT2D eigenvalue weighted by atomic mass is 10.1. The van der Waals surface area contributed by atoms with Crippen LogP contribution in [0.1, 0.15) is 21.5 Å². The monoisotopic (exact) mass is 503 g/mol. The minimum atomic E-state index is -0.388. The van der Waals surface area contributed by atoms with Crippen LogP contribution < -0.4 is 15.1 Å². The average Bonchev–Trinajstić information content (AvgIpc) is 3.13. The Kier molecular flexibility index (Phi) is 6.40. The summed E-state index contributed by atoms with van der Waals surface area (Å²) in [5.41, 5.74) is 5.52. The molecule has 1 N–H and O–H groups in total. The Bertz CT molecular complexity index is 1460. The number of hydrazone groups is 1. The number of anilines is 1. The molecule has 1 aliphatic rings. The van der Waals surface area contributed by atoms with E-state index in [4.69, 9.17) is 27.9 Å². The van der Waals surface area contributed by atoms with Gasteiger partial charge in [0.1, 0.15) is 18.9 Å². The van der Waals surface area contributed by atoms with Crippen LogP contribution in [0.4, 0.5) is 5.69 Å². The molecule has 0 fully saturated rings. The molecule has 2 amide bonds. The van der Waals surface area contributed by atoms with E-state index in [1.165, 1.54) is 11.1 Å². The van der Waals surface area contributed by atoms with E-state index < -0.39 is 0 Å². The van der Waals surface area contributed by atoms with Gasteiger partial charge < -0.3 is 4.74 Å². The van der Waals surface area contributed by atoms with Crippen molar-refractivity contribution in [1.29, 1.82) is 0 Å². The second kappa shape index (κ2) is 9.78. The summed E-state index contributed by atoms with van der Waals surface area (Å²) in [5.74, 6) is 0.104. The number of nitrogens with zero attached hydrogens (tertiary/aromatic N) is 2. The van der Waals surface area contributed by atoms with Crippen molar-refractivity contribution >= 4 is 57.7 Å². The van der Waals surface area contributed by atoms with Gasteiger partial charge in [0.25, 0.3) is 11.8 Å². The van der Waals surface area contributed by atoms with Crippen LogP contribution >= 0.6 is 23.2 Å². The maximum atomic E-state index is 12.8. The van der Waals surface area contributed by atoms with Crippen LogP contribution in [0.5, 0.6) is 5.75 Å². The number of amides is 2. The molecule has 4 aromatic carbocycles. The number of hydrogen-bond acceptors (Lipinski definition) is 4. The summed E-state index contributed by atoms with van der Waals surface area (Å²) in [6, 6.07) is 23.9. The molecule has 0 spiro atoms. The van der Waals surface area contributed by atoms with Crippen LogP contribution in [-0.4, -0.2) is 24.6 Å². The predicted octanol–water partition coefficient (Wildman–Crippen LogP) is 5.84. The topological polar surface area (TPSA) is 71.0 Å². The Morgan fingerprint density at radius 1 is 0.971 bits per heavy atom. The molecule has 0 saturated heterocycles. The number of rotatable bonds is 7. The number of ether oxygens (including phenoxy) is 1. The molecule has 8 heteroatoms. The molecule has 0 unspecified atom stereocenters. The number of benzene rings is 4. The third-order valence-electron chi connectivity index (χ3n) is 5.62. The van der Waals surface area contributed by atoms with Crippen LogP contribution in [0.15, 0.2) is 84.0 Å². The van der Waals surface area contributed by atoms with Crippen molar-refractivity contribution in [3.05, 3.63) is 106 Å². The van der Waals surface area contributed by atoms with Crippen molar-refractivity contribution in [1.82, 2.24) is 5.43 Å². The molecule has 0 radical (unpaired) electrons. The van der Waals surface area contributed by atoms with Crippen LogP contribution in [0, 0.1) is 0 Å². The van der Waals surface area contributed by atoms with Gasteiger partial charge in [0.05, 0.1) is 21.9 Å². The second-order valence-corrected chi connectivity index (χ2v) is 8.79. The van der Waals surface area contributed by atoms with Gasteiger partial charge in [-0.3, -0.25) is 14.5 Å². The quantitative estimate of drug-likeness (QED) is 0.254. The Labute approximate surface area is 211 Å². The van der Waals surface area contributed by atoms with Gasteiger partial charge in [-0.25, -0.2) is 5.43 Å². The van der Waals surface area contributed by atoms with Gasteiger partial charge in [-0.15, -0.1) is 0 Å². The predicted molar refractivity (Wildman–Crippen MR) is 139 cm³/mol. The Morgan fingerprint density at radius 2 is 1.74 bits per heavy atom. The smallest absolute Gasteiger partial charge is 0.260 e. The van der Waals surface area contributed by atoms with Crippen molar-refractivity contribution in [2.45, 2.75) is 6.61 Å². The van der Waals surface area contributed by atoms with Crippen LogP contribution in [0.3, 0.4) is 0 Å². The standard InChI is InChI=1S/C27H19Cl2N3O3/c28-22-12-9-18(13-23(22)29)16-35-20-10-7-17(8-11-20)14-30-31-25(33)15-32-24-6-2-4-19-3-1-5-21(26(19)24)27(32)34/h1-14H,15-16H2,(H,31,33)/b30-14-. The minimum absolute atomic E-state index is 0.120. The molecule has 0 aromatic heterocycles. The fraction of sp³-hybridized carbons (Fsp3) is 0.0741. The zero-order valence-corrected chi connectivity index (χ0v) is 19.9. The number of carbonyl (C=O) groups excluding carboxylic acids is 2. The summed E-state index contributed by atoms with van der Waals surface area (Å²) in [7, 11) is 0. The lowest BCUT2D eigenvalue weighted by molar-refractivity contribution is -0.119. The van der Waals surface area contributed by atoms with E-state index in [0.717, 1.165) is 27.6 Å². The molecule has 1 aliphatic heterocycles. The molecular formula is C27H19Cl2N3O3.